The maximum Gasteiger partial charge on any atom is 0.251 e. The van der Waals surface area contributed by atoms with E-state index in [0.717, 1.165) is 6.42 Å². The van der Waals surface area contributed by atoms with Crippen LogP contribution in [0.15, 0.2) is 24.3 Å². The summed E-state index contributed by atoms with van der Waals surface area (Å²) in [6.07, 6.45) is 1.19. The van der Waals surface area contributed by atoms with E-state index in [2.05, 4.69) is 10.6 Å². The first-order chi connectivity index (χ1) is 10.0. The van der Waals surface area contributed by atoms with E-state index in [4.69, 9.17) is 4.74 Å². The second-order valence-corrected chi connectivity index (χ2v) is 5.10. The van der Waals surface area contributed by atoms with Gasteiger partial charge in [-0.1, -0.05) is 13.0 Å². The van der Waals surface area contributed by atoms with E-state index >= 15 is 0 Å². The van der Waals surface area contributed by atoms with Crippen molar-refractivity contribution in [3.05, 3.63) is 29.8 Å². The molecular weight excluding hydrogens is 268 g/mol. The summed E-state index contributed by atoms with van der Waals surface area (Å²) >= 11 is 0. The predicted octanol–water partition coefficient (Wildman–Crippen LogP) is 2.12. The van der Waals surface area contributed by atoms with Crippen molar-refractivity contribution in [1.82, 2.24) is 10.6 Å². The van der Waals surface area contributed by atoms with Gasteiger partial charge in [0.25, 0.3) is 5.91 Å². The minimum absolute atomic E-state index is 0.0645. The molecule has 1 rings (SSSR count). The Balaban J connectivity index is 2.43. The van der Waals surface area contributed by atoms with Crippen LogP contribution in [0.1, 0.15) is 44.0 Å². The van der Waals surface area contributed by atoms with Crippen molar-refractivity contribution in [2.24, 2.45) is 0 Å². The molecule has 0 saturated heterocycles. The van der Waals surface area contributed by atoms with Gasteiger partial charge in [-0.2, -0.15) is 0 Å². The first kappa shape index (κ1) is 17.0. The molecule has 0 aliphatic rings. The lowest BCUT2D eigenvalue weighted by molar-refractivity contribution is -0.121. The lowest BCUT2D eigenvalue weighted by atomic mass is 10.2. The Morgan fingerprint density at radius 3 is 2.71 bits per heavy atom. The van der Waals surface area contributed by atoms with Crippen molar-refractivity contribution in [3.8, 4) is 5.75 Å². The van der Waals surface area contributed by atoms with Crippen LogP contribution < -0.4 is 15.4 Å². The van der Waals surface area contributed by atoms with Crippen LogP contribution in [0.3, 0.4) is 0 Å². The second-order valence-electron chi connectivity index (χ2n) is 5.10. The molecule has 1 aromatic rings. The van der Waals surface area contributed by atoms with Crippen molar-refractivity contribution in [2.75, 3.05) is 13.2 Å². The number of ether oxygens (including phenoxy) is 1. The van der Waals surface area contributed by atoms with Gasteiger partial charge in [0, 0.05) is 24.6 Å². The third kappa shape index (κ3) is 6.79. The molecule has 21 heavy (non-hydrogen) atoms. The van der Waals surface area contributed by atoms with Gasteiger partial charge >= 0.3 is 0 Å². The second kappa shape index (κ2) is 9.00. The Morgan fingerprint density at radius 1 is 1.29 bits per heavy atom. The maximum absolute atomic E-state index is 12.0. The standard InChI is InChI=1S/C16H24N2O3/c1-4-10-21-14-7-5-6-13(11-14)16(20)17-9-8-15(19)18-12(2)3/h5-7,11-12H,4,8-10H2,1-3H3,(H,17,20)(H,18,19). The zero-order valence-corrected chi connectivity index (χ0v) is 12.9. The first-order valence-corrected chi connectivity index (χ1v) is 7.33. The molecule has 0 saturated carbocycles. The fourth-order valence-electron chi connectivity index (χ4n) is 1.73. The highest BCUT2D eigenvalue weighted by molar-refractivity contribution is 5.94. The Morgan fingerprint density at radius 2 is 2.05 bits per heavy atom. The van der Waals surface area contributed by atoms with Crippen LogP contribution >= 0.6 is 0 Å². The molecule has 0 fully saturated rings. The van der Waals surface area contributed by atoms with Crippen molar-refractivity contribution >= 4 is 11.8 Å². The van der Waals surface area contributed by atoms with Crippen molar-refractivity contribution in [2.45, 2.75) is 39.7 Å². The quantitative estimate of drug-likeness (QED) is 0.771. The summed E-state index contributed by atoms with van der Waals surface area (Å²) < 4.78 is 5.49. The molecule has 0 aliphatic carbocycles. The van der Waals surface area contributed by atoms with Crippen molar-refractivity contribution < 1.29 is 14.3 Å². The summed E-state index contributed by atoms with van der Waals surface area (Å²) in [7, 11) is 0. The van der Waals surface area contributed by atoms with Gasteiger partial charge in [-0.3, -0.25) is 9.59 Å². The fraction of sp³-hybridized carbons (Fsp3) is 0.500. The number of nitrogens with one attached hydrogen (secondary N) is 2. The molecule has 1 aromatic carbocycles. The van der Waals surface area contributed by atoms with Gasteiger partial charge in [0.15, 0.2) is 0 Å². The highest BCUT2D eigenvalue weighted by Gasteiger charge is 2.08. The first-order valence-electron chi connectivity index (χ1n) is 7.33. The topological polar surface area (TPSA) is 67.4 Å². The third-order valence-corrected chi connectivity index (χ3v) is 2.66. The van der Waals surface area contributed by atoms with Gasteiger partial charge in [0.2, 0.25) is 5.91 Å². The highest BCUT2D eigenvalue weighted by atomic mass is 16.5. The number of hydrogen-bond donors (Lipinski definition) is 2. The van der Waals surface area contributed by atoms with Crippen LogP contribution in [0.25, 0.3) is 0 Å². The molecule has 2 amide bonds. The molecule has 5 heteroatoms. The molecule has 0 bridgehead atoms. The molecular formula is C16H24N2O3. The summed E-state index contributed by atoms with van der Waals surface area (Å²) in [6, 6.07) is 7.15. The lowest BCUT2D eigenvalue weighted by Crippen LogP contribution is -2.34. The molecule has 0 spiro atoms. The van der Waals surface area contributed by atoms with Gasteiger partial charge in [0.05, 0.1) is 6.61 Å². The molecule has 0 heterocycles. The highest BCUT2D eigenvalue weighted by Crippen LogP contribution is 2.13. The predicted molar refractivity (Wildman–Crippen MR) is 82.5 cm³/mol. The van der Waals surface area contributed by atoms with E-state index in [9.17, 15) is 9.59 Å². The van der Waals surface area contributed by atoms with Crippen LogP contribution in [-0.4, -0.2) is 31.0 Å². The summed E-state index contributed by atoms with van der Waals surface area (Å²) in [5, 5.41) is 5.51. The van der Waals surface area contributed by atoms with Crippen LogP contribution in [0.5, 0.6) is 5.75 Å². The minimum Gasteiger partial charge on any atom is -0.494 e. The molecule has 0 atom stereocenters. The van der Waals surface area contributed by atoms with Crippen molar-refractivity contribution in [3.63, 3.8) is 0 Å². The molecule has 0 unspecified atom stereocenters. The molecule has 5 nitrogen and oxygen atoms in total. The van der Waals surface area contributed by atoms with Crippen LogP contribution in [0.4, 0.5) is 0 Å². The van der Waals surface area contributed by atoms with Crippen molar-refractivity contribution in [1.29, 1.82) is 0 Å². The largest absolute Gasteiger partial charge is 0.494 e. The van der Waals surface area contributed by atoms with Gasteiger partial charge in [-0.25, -0.2) is 0 Å². The van der Waals surface area contributed by atoms with Gasteiger partial charge < -0.3 is 15.4 Å². The van der Waals surface area contributed by atoms with E-state index in [0.29, 0.717) is 24.5 Å². The minimum atomic E-state index is -0.200. The normalized spacial score (nSPS) is 10.3. The number of carbonyl (C=O) groups is 2. The number of benzene rings is 1. The zero-order valence-electron chi connectivity index (χ0n) is 12.9. The molecule has 2 N–H and O–H groups in total. The zero-order chi connectivity index (χ0) is 15.7. The summed E-state index contributed by atoms with van der Waals surface area (Å²) in [5.41, 5.74) is 0.535. The molecule has 0 aliphatic heterocycles. The van der Waals surface area contributed by atoms with E-state index in [1.807, 2.05) is 26.8 Å². The number of rotatable bonds is 8. The van der Waals surface area contributed by atoms with E-state index in [1.165, 1.54) is 0 Å². The Hall–Kier alpha value is -2.04. The average molecular weight is 292 g/mol. The number of carbonyl (C=O) groups excluding carboxylic acids is 2. The SMILES string of the molecule is CCCOc1cccc(C(=O)NCCC(=O)NC(C)C)c1. The summed E-state index contributed by atoms with van der Waals surface area (Å²) in [5.74, 6) is 0.418. The Labute approximate surface area is 126 Å². The Kier molecular flexibility index (Phi) is 7.29. The lowest BCUT2D eigenvalue weighted by Gasteiger charge is -2.10. The maximum atomic E-state index is 12.0. The van der Waals surface area contributed by atoms with Crippen LogP contribution in [0.2, 0.25) is 0 Å². The number of hydrogen-bond acceptors (Lipinski definition) is 3. The van der Waals surface area contributed by atoms with E-state index < -0.39 is 0 Å². The molecule has 0 radical (unpaired) electrons. The van der Waals surface area contributed by atoms with Crippen LogP contribution in [-0.2, 0) is 4.79 Å². The Bertz CT molecular complexity index is 472. The summed E-state index contributed by atoms with van der Waals surface area (Å²) in [6.45, 7) is 6.77. The van der Waals surface area contributed by atoms with Gasteiger partial charge in [0.1, 0.15) is 5.75 Å². The fourth-order valence-corrected chi connectivity index (χ4v) is 1.73. The smallest absolute Gasteiger partial charge is 0.251 e. The molecule has 0 aromatic heterocycles. The third-order valence-electron chi connectivity index (χ3n) is 2.66. The monoisotopic (exact) mass is 292 g/mol. The average Bonchev–Trinajstić information content (AvgIpc) is 2.44. The van der Waals surface area contributed by atoms with Gasteiger partial charge in [-0.05, 0) is 38.5 Å². The van der Waals surface area contributed by atoms with Gasteiger partial charge in [-0.15, -0.1) is 0 Å². The number of amides is 2. The molecule has 116 valence electrons. The van der Waals surface area contributed by atoms with Crippen LogP contribution in [0, 0.1) is 0 Å². The summed E-state index contributed by atoms with van der Waals surface area (Å²) in [4.78, 5) is 23.4. The van der Waals surface area contributed by atoms with E-state index in [-0.39, 0.29) is 24.3 Å². The van der Waals surface area contributed by atoms with E-state index in [1.54, 1.807) is 18.2 Å².